The van der Waals surface area contributed by atoms with E-state index in [1.807, 2.05) is 0 Å². The first-order valence-electron chi connectivity index (χ1n) is 8.22. The second kappa shape index (κ2) is 4.23. The smallest absolute Gasteiger partial charge is 0.175 e. The lowest BCUT2D eigenvalue weighted by atomic mass is 9.68. The minimum atomic E-state index is -1.42. The largest absolute Gasteiger partial charge is 0.387 e. The molecule has 4 N–H and O–H groups in total. The fourth-order valence-corrected chi connectivity index (χ4v) is 5.46. The maximum absolute atomic E-state index is 10.2. The standard InChI is InChI=1S/C16H26O6/c1-14(2)7-4-5-15(14,3)16(6-7)21-12-10(19)8(17)9(18)11(20)13(12)22-16/h7-13,17-20H,4-6H2,1-3H3/t7?,8-,9-,10+,11+,12-,13+,15?,16?/m1/s1. The van der Waals surface area contributed by atoms with Gasteiger partial charge in [-0.1, -0.05) is 20.8 Å². The van der Waals surface area contributed by atoms with E-state index in [2.05, 4.69) is 20.8 Å². The summed E-state index contributed by atoms with van der Waals surface area (Å²) in [5.41, 5.74) is -0.162. The Morgan fingerprint density at radius 2 is 1.32 bits per heavy atom. The summed E-state index contributed by atoms with van der Waals surface area (Å²) in [7, 11) is 0. The van der Waals surface area contributed by atoms with Gasteiger partial charge in [0.2, 0.25) is 0 Å². The second-order valence-corrected chi connectivity index (χ2v) is 8.37. The van der Waals surface area contributed by atoms with Gasteiger partial charge in [-0.25, -0.2) is 0 Å². The fraction of sp³-hybridized carbons (Fsp3) is 1.00. The topological polar surface area (TPSA) is 99.4 Å². The number of hydrogen-bond acceptors (Lipinski definition) is 6. The molecule has 0 aromatic rings. The molecule has 126 valence electrons. The van der Waals surface area contributed by atoms with E-state index in [4.69, 9.17) is 9.47 Å². The van der Waals surface area contributed by atoms with Gasteiger partial charge in [-0.15, -0.1) is 0 Å². The fourth-order valence-electron chi connectivity index (χ4n) is 5.46. The van der Waals surface area contributed by atoms with Crippen LogP contribution in [0.4, 0.5) is 0 Å². The average molecular weight is 314 g/mol. The molecule has 0 amide bonds. The van der Waals surface area contributed by atoms with E-state index in [0.717, 1.165) is 19.3 Å². The molecule has 1 saturated heterocycles. The molecule has 3 unspecified atom stereocenters. The summed E-state index contributed by atoms with van der Waals surface area (Å²) in [6.07, 6.45) is -4.13. The number of aliphatic hydroxyl groups excluding tert-OH is 4. The van der Waals surface area contributed by atoms with Crippen LogP contribution in [0.1, 0.15) is 40.0 Å². The van der Waals surface area contributed by atoms with Crippen LogP contribution in [0.25, 0.3) is 0 Å². The van der Waals surface area contributed by atoms with E-state index in [1.165, 1.54) is 0 Å². The van der Waals surface area contributed by atoms with Crippen molar-refractivity contribution in [1.29, 1.82) is 0 Å². The Balaban J connectivity index is 1.71. The molecule has 2 bridgehead atoms. The van der Waals surface area contributed by atoms with Crippen LogP contribution in [0.15, 0.2) is 0 Å². The Labute approximate surface area is 130 Å². The van der Waals surface area contributed by atoms with E-state index < -0.39 is 42.4 Å². The molecule has 6 nitrogen and oxygen atoms in total. The molecule has 4 rings (SSSR count). The number of rotatable bonds is 0. The van der Waals surface area contributed by atoms with Gasteiger partial charge in [0.05, 0.1) is 0 Å². The van der Waals surface area contributed by atoms with Gasteiger partial charge in [0.1, 0.15) is 36.6 Å². The van der Waals surface area contributed by atoms with Gasteiger partial charge in [0.15, 0.2) is 5.79 Å². The van der Waals surface area contributed by atoms with Crippen LogP contribution in [0.3, 0.4) is 0 Å². The van der Waals surface area contributed by atoms with Crippen LogP contribution in [0.2, 0.25) is 0 Å². The van der Waals surface area contributed by atoms with Gasteiger partial charge >= 0.3 is 0 Å². The van der Waals surface area contributed by atoms with E-state index in [1.54, 1.807) is 0 Å². The molecule has 4 aliphatic rings. The molecular formula is C16H26O6. The highest BCUT2D eigenvalue weighted by molar-refractivity contribution is 5.19. The highest BCUT2D eigenvalue weighted by Crippen LogP contribution is 2.72. The molecule has 6 heteroatoms. The highest BCUT2D eigenvalue weighted by Gasteiger charge is 2.75. The van der Waals surface area contributed by atoms with E-state index >= 15 is 0 Å². The molecular weight excluding hydrogens is 288 g/mol. The summed E-state index contributed by atoms with van der Waals surface area (Å²) < 4.78 is 12.4. The molecule has 1 aliphatic heterocycles. The lowest BCUT2D eigenvalue weighted by Gasteiger charge is -2.45. The molecule has 9 atom stereocenters. The van der Waals surface area contributed by atoms with Crippen molar-refractivity contribution >= 4 is 0 Å². The summed E-state index contributed by atoms with van der Waals surface area (Å²) in [6.45, 7) is 6.61. The van der Waals surface area contributed by atoms with Crippen molar-refractivity contribution in [3.8, 4) is 0 Å². The van der Waals surface area contributed by atoms with Crippen molar-refractivity contribution in [1.82, 2.24) is 0 Å². The zero-order valence-corrected chi connectivity index (χ0v) is 13.3. The minimum Gasteiger partial charge on any atom is -0.387 e. The molecule has 1 heterocycles. The maximum atomic E-state index is 10.2. The third-order valence-corrected chi connectivity index (χ3v) is 7.49. The Morgan fingerprint density at radius 1 is 0.818 bits per heavy atom. The number of ether oxygens (including phenoxy) is 2. The lowest BCUT2D eigenvalue weighted by Crippen LogP contribution is -2.62. The summed E-state index contributed by atoms with van der Waals surface area (Å²) in [4.78, 5) is 0. The predicted molar refractivity (Wildman–Crippen MR) is 75.7 cm³/mol. The van der Waals surface area contributed by atoms with Crippen LogP contribution in [-0.2, 0) is 9.47 Å². The van der Waals surface area contributed by atoms with Crippen LogP contribution >= 0.6 is 0 Å². The second-order valence-electron chi connectivity index (χ2n) is 8.37. The van der Waals surface area contributed by atoms with Crippen molar-refractivity contribution in [2.24, 2.45) is 16.7 Å². The number of hydrogen-bond donors (Lipinski definition) is 4. The average Bonchev–Trinajstić information content (AvgIpc) is 3.01. The molecule has 4 fully saturated rings. The van der Waals surface area contributed by atoms with Crippen molar-refractivity contribution in [2.45, 2.75) is 82.4 Å². The summed E-state index contributed by atoms with van der Waals surface area (Å²) >= 11 is 0. The number of aliphatic hydroxyl groups is 4. The minimum absolute atomic E-state index is 0.0492. The van der Waals surface area contributed by atoms with E-state index in [-0.39, 0.29) is 10.8 Å². The Hall–Kier alpha value is -0.240. The van der Waals surface area contributed by atoms with E-state index in [9.17, 15) is 20.4 Å². The van der Waals surface area contributed by atoms with Gasteiger partial charge in [-0.05, 0) is 24.2 Å². The first-order chi connectivity index (χ1) is 10.1. The Bertz CT molecular complexity index is 471. The SMILES string of the molecule is CC1(C)C2CCC1(C)C1(C2)O[C@@H]2[C@@H](O)[C@H](O)[C@@H](O)[C@H](O)[C@@H]2O1. The van der Waals surface area contributed by atoms with Crippen molar-refractivity contribution < 1.29 is 29.9 Å². The van der Waals surface area contributed by atoms with Crippen molar-refractivity contribution in [3.63, 3.8) is 0 Å². The molecule has 0 radical (unpaired) electrons. The number of fused-ring (bicyclic) bond motifs is 4. The molecule has 0 aromatic carbocycles. The highest BCUT2D eigenvalue weighted by atomic mass is 16.8. The first kappa shape index (κ1) is 15.3. The van der Waals surface area contributed by atoms with Gasteiger partial charge in [-0.3, -0.25) is 0 Å². The summed E-state index contributed by atoms with van der Waals surface area (Å²) in [6, 6.07) is 0. The van der Waals surface area contributed by atoms with Gasteiger partial charge in [-0.2, -0.15) is 0 Å². The van der Waals surface area contributed by atoms with Crippen LogP contribution in [0, 0.1) is 16.7 Å². The zero-order valence-electron chi connectivity index (χ0n) is 13.3. The quantitative estimate of drug-likeness (QED) is 0.493. The molecule has 0 aromatic heterocycles. The Kier molecular flexibility index (Phi) is 2.94. The monoisotopic (exact) mass is 314 g/mol. The third-order valence-electron chi connectivity index (χ3n) is 7.49. The van der Waals surface area contributed by atoms with Crippen molar-refractivity contribution in [3.05, 3.63) is 0 Å². The zero-order chi connectivity index (χ0) is 16.1. The van der Waals surface area contributed by atoms with Crippen LogP contribution in [0.5, 0.6) is 0 Å². The van der Waals surface area contributed by atoms with Gasteiger partial charge in [0, 0.05) is 11.8 Å². The molecule has 22 heavy (non-hydrogen) atoms. The van der Waals surface area contributed by atoms with E-state index in [0.29, 0.717) is 5.92 Å². The molecule has 3 saturated carbocycles. The van der Waals surface area contributed by atoms with Crippen LogP contribution < -0.4 is 0 Å². The van der Waals surface area contributed by atoms with Gasteiger partial charge in [0.25, 0.3) is 0 Å². The molecule has 1 spiro atoms. The van der Waals surface area contributed by atoms with Gasteiger partial charge < -0.3 is 29.9 Å². The maximum Gasteiger partial charge on any atom is 0.175 e. The normalized spacial score (nSPS) is 62.6. The predicted octanol–water partition coefficient (Wildman–Crippen LogP) is -0.230. The van der Waals surface area contributed by atoms with Crippen molar-refractivity contribution in [2.75, 3.05) is 0 Å². The lowest BCUT2D eigenvalue weighted by molar-refractivity contribution is -0.256. The van der Waals surface area contributed by atoms with Crippen LogP contribution in [-0.4, -0.2) is 62.8 Å². The summed E-state index contributed by atoms with van der Waals surface area (Å²) in [5, 5.41) is 40.3. The first-order valence-corrected chi connectivity index (χ1v) is 8.22. The third kappa shape index (κ3) is 1.47. The molecule has 3 aliphatic carbocycles. The Morgan fingerprint density at radius 3 is 1.68 bits per heavy atom. The summed E-state index contributed by atoms with van der Waals surface area (Å²) in [5.74, 6) is -0.373.